The fourth-order valence-electron chi connectivity index (χ4n) is 3.30. The molecule has 0 bridgehead atoms. The predicted molar refractivity (Wildman–Crippen MR) is 128 cm³/mol. The van der Waals surface area contributed by atoms with Crippen molar-refractivity contribution in [1.82, 2.24) is 0 Å². The highest BCUT2D eigenvalue weighted by atomic mass is 35.5. The molecule has 4 aromatic rings. The van der Waals surface area contributed by atoms with Crippen LogP contribution in [-0.4, -0.2) is 12.0 Å². The zero-order valence-corrected chi connectivity index (χ0v) is 18.7. The number of aryl methyl sites for hydroxylation is 2. The Labute approximate surface area is 190 Å². The summed E-state index contributed by atoms with van der Waals surface area (Å²) in [4.78, 5) is 26.1. The van der Waals surface area contributed by atoms with Crippen LogP contribution in [0.5, 0.6) is 5.75 Å². The van der Waals surface area contributed by atoms with E-state index in [1.165, 1.54) is 0 Å². The normalized spacial score (nSPS) is 11.9. The lowest BCUT2D eigenvalue weighted by molar-refractivity contribution is -0.122. The molecule has 1 unspecified atom stereocenters. The van der Waals surface area contributed by atoms with Gasteiger partial charge in [-0.25, -0.2) is 0 Å². The van der Waals surface area contributed by atoms with Crippen molar-refractivity contribution in [2.24, 2.45) is 0 Å². The molecule has 0 aliphatic rings. The van der Waals surface area contributed by atoms with E-state index in [1.807, 2.05) is 56.3 Å². The average molecular weight is 448 g/mol. The first-order chi connectivity index (χ1) is 15.3. The first-order valence-corrected chi connectivity index (χ1v) is 10.6. The number of halogens is 1. The third-order valence-electron chi connectivity index (χ3n) is 5.15. The van der Waals surface area contributed by atoms with Gasteiger partial charge in [0.25, 0.3) is 5.91 Å². The Hall–Kier alpha value is -3.57. The van der Waals surface area contributed by atoms with Crippen LogP contribution in [0.15, 0.2) is 75.9 Å². The van der Waals surface area contributed by atoms with Crippen molar-refractivity contribution in [3.63, 3.8) is 0 Å². The molecule has 4 rings (SSSR count). The summed E-state index contributed by atoms with van der Waals surface area (Å²) in [6.45, 7) is 5.40. The van der Waals surface area contributed by atoms with E-state index in [0.717, 1.165) is 11.1 Å². The summed E-state index contributed by atoms with van der Waals surface area (Å²) >= 11 is 6.25. The SMILES string of the molecule is Cc1ccc(-c2oc3cc(C)c(Cl)cc3c(=O)c2OC(C)C(=O)Nc2ccccc2)cc1. The Balaban J connectivity index is 1.79. The monoisotopic (exact) mass is 447 g/mol. The molecule has 0 aliphatic carbocycles. The molecule has 0 saturated heterocycles. The van der Waals surface area contributed by atoms with Crippen LogP contribution < -0.4 is 15.5 Å². The minimum Gasteiger partial charge on any atom is -0.473 e. The summed E-state index contributed by atoms with van der Waals surface area (Å²) in [5.41, 5.74) is 3.19. The van der Waals surface area contributed by atoms with Crippen molar-refractivity contribution in [2.45, 2.75) is 26.9 Å². The van der Waals surface area contributed by atoms with Crippen molar-refractivity contribution in [1.29, 1.82) is 0 Å². The Morgan fingerprint density at radius 1 is 1.03 bits per heavy atom. The van der Waals surface area contributed by atoms with Crippen LogP contribution in [0.2, 0.25) is 5.02 Å². The van der Waals surface area contributed by atoms with Gasteiger partial charge in [-0.15, -0.1) is 0 Å². The van der Waals surface area contributed by atoms with Gasteiger partial charge in [-0.2, -0.15) is 0 Å². The molecule has 1 heterocycles. The largest absolute Gasteiger partial charge is 0.473 e. The Kier molecular flexibility index (Phi) is 6.01. The van der Waals surface area contributed by atoms with Gasteiger partial charge < -0.3 is 14.5 Å². The molecule has 1 atom stereocenters. The van der Waals surface area contributed by atoms with Gasteiger partial charge in [-0.05, 0) is 50.6 Å². The fourth-order valence-corrected chi connectivity index (χ4v) is 3.46. The van der Waals surface area contributed by atoms with Gasteiger partial charge in [0.1, 0.15) is 5.58 Å². The maximum absolute atomic E-state index is 13.4. The number of ether oxygens (including phenoxy) is 1. The van der Waals surface area contributed by atoms with Crippen molar-refractivity contribution >= 4 is 34.2 Å². The summed E-state index contributed by atoms with van der Waals surface area (Å²) < 4.78 is 12.0. The second-order valence-corrected chi connectivity index (χ2v) is 8.08. The summed E-state index contributed by atoms with van der Waals surface area (Å²) in [5.74, 6) is -0.145. The quantitative estimate of drug-likeness (QED) is 0.399. The van der Waals surface area contributed by atoms with Gasteiger partial charge in [-0.1, -0.05) is 59.6 Å². The first-order valence-electron chi connectivity index (χ1n) is 10.2. The number of hydrogen-bond acceptors (Lipinski definition) is 4. The van der Waals surface area contributed by atoms with E-state index in [1.54, 1.807) is 31.2 Å². The van der Waals surface area contributed by atoms with Gasteiger partial charge in [-0.3, -0.25) is 9.59 Å². The number of carbonyl (C=O) groups excluding carboxylic acids is 1. The number of anilines is 1. The van der Waals surface area contributed by atoms with Crippen molar-refractivity contribution < 1.29 is 13.9 Å². The third-order valence-corrected chi connectivity index (χ3v) is 5.56. The van der Waals surface area contributed by atoms with Gasteiger partial charge in [0.2, 0.25) is 11.2 Å². The van der Waals surface area contributed by atoms with E-state index in [-0.39, 0.29) is 22.8 Å². The number of hydrogen-bond donors (Lipinski definition) is 1. The number of benzene rings is 3. The van der Waals surface area contributed by atoms with Gasteiger partial charge in [0.05, 0.1) is 5.39 Å². The number of para-hydroxylation sites is 1. The minimum atomic E-state index is -0.944. The van der Waals surface area contributed by atoms with E-state index in [0.29, 0.717) is 27.2 Å². The van der Waals surface area contributed by atoms with E-state index in [4.69, 9.17) is 20.8 Å². The molecule has 3 aromatic carbocycles. The predicted octanol–water partition coefficient (Wildman–Crippen LogP) is 6.14. The molecule has 32 heavy (non-hydrogen) atoms. The highest BCUT2D eigenvalue weighted by Gasteiger charge is 2.23. The van der Waals surface area contributed by atoms with Crippen LogP contribution in [0.25, 0.3) is 22.3 Å². The molecule has 0 fully saturated rings. The van der Waals surface area contributed by atoms with Gasteiger partial charge >= 0.3 is 0 Å². The summed E-state index contributed by atoms with van der Waals surface area (Å²) in [6.07, 6.45) is -0.944. The highest BCUT2D eigenvalue weighted by Crippen LogP contribution is 2.33. The van der Waals surface area contributed by atoms with Crippen LogP contribution in [0, 0.1) is 13.8 Å². The molecule has 1 aromatic heterocycles. The summed E-state index contributed by atoms with van der Waals surface area (Å²) in [7, 11) is 0. The van der Waals surface area contributed by atoms with E-state index in [9.17, 15) is 9.59 Å². The molecule has 0 spiro atoms. The van der Waals surface area contributed by atoms with Crippen LogP contribution >= 0.6 is 11.6 Å². The number of nitrogens with one attached hydrogen (secondary N) is 1. The highest BCUT2D eigenvalue weighted by molar-refractivity contribution is 6.32. The van der Waals surface area contributed by atoms with E-state index < -0.39 is 6.10 Å². The van der Waals surface area contributed by atoms with Crippen LogP contribution in [-0.2, 0) is 4.79 Å². The lowest BCUT2D eigenvalue weighted by Crippen LogP contribution is -2.31. The Morgan fingerprint density at radius 3 is 2.41 bits per heavy atom. The Morgan fingerprint density at radius 2 is 1.72 bits per heavy atom. The smallest absolute Gasteiger partial charge is 0.265 e. The molecule has 0 radical (unpaired) electrons. The van der Waals surface area contributed by atoms with Crippen molar-refractivity contribution in [3.8, 4) is 17.1 Å². The van der Waals surface area contributed by atoms with E-state index >= 15 is 0 Å². The van der Waals surface area contributed by atoms with Crippen LogP contribution in [0.4, 0.5) is 5.69 Å². The molecule has 5 nitrogen and oxygen atoms in total. The molecular weight excluding hydrogens is 426 g/mol. The maximum Gasteiger partial charge on any atom is 0.265 e. The first kappa shape index (κ1) is 21.7. The van der Waals surface area contributed by atoms with E-state index in [2.05, 4.69) is 5.32 Å². The maximum atomic E-state index is 13.4. The zero-order valence-electron chi connectivity index (χ0n) is 17.9. The number of amides is 1. The number of carbonyl (C=O) groups is 1. The summed E-state index contributed by atoms with van der Waals surface area (Å²) in [6, 6.07) is 19.9. The molecular formula is C26H22ClNO4. The lowest BCUT2D eigenvalue weighted by atomic mass is 10.1. The van der Waals surface area contributed by atoms with Gasteiger partial charge in [0, 0.05) is 16.3 Å². The zero-order chi connectivity index (χ0) is 22.8. The minimum absolute atomic E-state index is 0.0306. The molecule has 162 valence electrons. The molecule has 0 aliphatic heterocycles. The number of fused-ring (bicyclic) bond motifs is 1. The Bertz CT molecular complexity index is 1340. The van der Waals surface area contributed by atoms with Crippen LogP contribution in [0.3, 0.4) is 0 Å². The average Bonchev–Trinajstić information content (AvgIpc) is 2.78. The van der Waals surface area contributed by atoms with Gasteiger partial charge in [0.15, 0.2) is 11.9 Å². The summed E-state index contributed by atoms with van der Waals surface area (Å²) in [5, 5.41) is 3.53. The lowest BCUT2D eigenvalue weighted by Gasteiger charge is -2.17. The third kappa shape index (κ3) is 4.39. The molecule has 6 heteroatoms. The molecule has 1 amide bonds. The number of rotatable bonds is 5. The standard InChI is InChI=1S/C26H22ClNO4/c1-15-9-11-18(12-10-15)24-25(23(29)20-14-21(27)16(2)13-22(20)32-24)31-17(3)26(30)28-19-7-5-4-6-8-19/h4-14,17H,1-3H3,(H,28,30). The van der Waals surface area contributed by atoms with Crippen LogP contribution in [0.1, 0.15) is 18.1 Å². The molecule has 1 N–H and O–H groups in total. The topological polar surface area (TPSA) is 68.5 Å². The fraction of sp³-hybridized carbons (Fsp3) is 0.154. The van der Waals surface area contributed by atoms with Crippen molar-refractivity contribution in [3.05, 3.63) is 93.1 Å². The molecule has 0 saturated carbocycles. The second kappa shape index (κ2) is 8.89. The van der Waals surface area contributed by atoms with Crippen molar-refractivity contribution in [2.75, 3.05) is 5.32 Å². The second-order valence-electron chi connectivity index (χ2n) is 7.67.